The van der Waals surface area contributed by atoms with Crippen LogP contribution in [0.25, 0.3) is 0 Å². The fourth-order valence-electron chi connectivity index (χ4n) is 1.75. The van der Waals surface area contributed by atoms with Gasteiger partial charge in [0.1, 0.15) is 0 Å². The summed E-state index contributed by atoms with van der Waals surface area (Å²) in [4.78, 5) is 2.34. The van der Waals surface area contributed by atoms with E-state index in [2.05, 4.69) is 52.7 Å². The molecule has 12 heavy (non-hydrogen) atoms. The van der Waals surface area contributed by atoms with Crippen LogP contribution in [0.1, 0.15) is 12.0 Å². The van der Waals surface area contributed by atoms with Gasteiger partial charge in [0.15, 0.2) is 0 Å². The van der Waals surface area contributed by atoms with Gasteiger partial charge in [-0.25, -0.2) is 0 Å². The zero-order valence-electron chi connectivity index (χ0n) is 7.18. The van der Waals surface area contributed by atoms with Gasteiger partial charge in [-0.15, -0.1) is 0 Å². The Bertz CT molecular complexity index is 296. The first-order valence-corrected chi connectivity index (χ1v) is 5.35. The van der Waals surface area contributed by atoms with Crippen molar-refractivity contribution in [1.29, 1.82) is 0 Å². The first kappa shape index (κ1) is 8.35. The van der Waals surface area contributed by atoms with Crippen molar-refractivity contribution in [3.8, 4) is 0 Å². The fourth-order valence-corrected chi connectivity index (χ4v) is 2.31. The molecule has 64 valence electrons. The molecule has 2 heteroatoms. The monoisotopic (exact) mass is 273 g/mol. The summed E-state index contributed by atoms with van der Waals surface area (Å²) in [5.41, 5.74) is 2.93. The molecule has 0 aliphatic carbocycles. The van der Waals surface area contributed by atoms with E-state index < -0.39 is 0 Å². The lowest BCUT2D eigenvalue weighted by atomic mass is 10.0. The van der Waals surface area contributed by atoms with E-state index in [-0.39, 0.29) is 0 Å². The molecule has 1 aromatic rings. The summed E-state index contributed by atoms with van der Waals surface area (Å²) in [5.74, 6) is 0. The molecular weight excluding hydrogens is 261 g/mol. The van der Waals surface area contributed by atoms with Crippen molar-refractivity contribution in [3.05, 3.63) is 27.3 Å². The molecule has 0 unspecified atom stereocenters. The molecule has 0 saturated carbocycles. The molecule has 0 saturated heterocycles. The minimum absolute atomic E-state index is 1.20. The Morgan fingerprint density at radius 1 is 1.42 bits per heavy atom. The van der Waals surface area contributed by atoms with Crippen LogP contribution in [0.4, 0.5) is 5.69 Å². The lowest BCUT2D eigenvalue weighted by molar-refractivity contribution is 0.744. The summed E-state index contributed by atoms with van der Waals surface area (Å²) in [6.45, 7) is 1.20. The summed E-state index contributed by atoms with van der Waals surface area (Å²) >= 11 is 2.37. The molecule has 0 fully saturated rings. The molecule has 1 aliphatic heterocycles. The zero-order chi connectivity index (χ0) is 8.55. The summed E-state index contributed by atoms with van der Waals surface area (Å²) in [6.07, 6.45) is 2.54. The van der Waals surface area contributed by atoms with Crippen molar-refractivity contribution in [2.24, 2.45) is 0 Å². The highest BCUT2D eigenvalue weighted by molar-refractivity contribution is 14.1. The van der Waals surface area contributed by atoms with Crippen molar-refractivity contribution in [2.75, 3.05) is 18.5 Å². The Labute approximate surface area is 86.9 Å². The van der Waals surface area contributed by atoms with Gasteiger partial charge in [0, 0.05) is 22.8 Å². The second kappa shape index (κ2) is 3.24. The number of halogens is 1. The molecule has 0 aromatic heterocycles. The van der Waals surface area contributed by atoms with Gasteiger partial charge >= 0.3 is 0 Å². The number of aryl methyl sites for hydroxylation is 1. The molecule has 1 aliphatic rings. The van der Waals surface area contributed by atoms with E-state index >= 15 is 0 Å². The molecule has 1 nitrogen and oxygen atoms in total. The van der Waals surface area contributed by atoms with Crippen molar-refractivity contribution in [3.63, 3.8) is 0 Å². The van der Waals surface area contributed by atoms with Crippen molar-refractivity contribution < 1.29 is 0 Å². The normalized spacial score (nSPS) is 16.0. The number of rotatable bonds is 0. The molecule has 0 radical (unpaired) electrons. The topological polar surface area (TPSA) is 3.24 Å². The quantitative estimate of drug-likeness (QED) is 0.657. The Balaban J connectivity index is 2.46. The minimum atomic E-state index is 1.20. The predicted molar refractivity (Wildman–Crippen MR) is 60.8 cm³/mol. The third-order valence-corrected chi connectivity index (χ3v) is 3.06. The number of nitrogens with zero attached hydrogens (tertiary/aromatic N) is 1. The van der Waals surface area contributed by atoms with E-state index in [0.717, 1.165) is 0 Å². The summed E-state index contributed by atoms with van der Waals surface area (Å²) in [6, 6.07) is 6.71. The third-order valence-electron chi connectivity index (χ3n) is 2.39. The average Bonchev–Trinajstić information content (AvgIpc) is 2.04. The van der Waals surface area contributed by atoms with Crippen molar-refractivity contribution in [1.82, 2.24) is 0 Å². The van der Waals surface area contributed by atoms with E-state index in [9.17, 15) is 0 Å². The zero-order valence-corrected chi connectivity index (χ0v) is 9.34. The summed E-state index contributed by atoms with van der Waals surface area (Å²) in [5, 5.41) is 0. The maximum absolute atomic E-state index is 2.37. The van der Waals surface area contributed by atoms with Crippen LogP contribution in [-0.2, 0) is 6.42 Å². The van der Waals surface area contributed by atoms with Gasteiger partial charge in [-0.1, -0.05) is 0 Å². The van der Waals surface area contributed by atoms with E-state index in [1.807, 2.05) is 0 Å². The van der Waals surface area contributed by atoms with Crippen LogP contribution in [-0.4, -0.2) is 13.6 Å². The molecule has 1 heterocycles. The predicted octanol–water partition coefficient (Wildman–Crippen LogP) is 2.67. The molecule has 2 rings (SSSR count). The van der Waals surface area contributed by atoms with E-state index in [1.165, 1.54) is 34.2 Å². The standard InChI is InChI=1S/C10H12IN/c1-12-6-2-3-8-7-9(11)4-5-10(8)12/h4-5,7H,2-3,6H2,1H3. The maximum atomic E-state index is 2.37. The number of anilines is 1. The maximum Gasteiger partial charge on any atom is 0.0396 e. The molecule has 0 spiro atoms. The van der Waals surface area contributed by atoms with E-state index in [4.69, 9.17) is 0 Å². The van der Waals surface area contributed by atoms with E-state index in [0.29, 0.717) is 0 Å². The number of hydrogen-bond donors (Lipinski definition) is 0. The number of fused-ring (bicyclic) bond motifs is 1. The first-order chi connectivity index (χ1) is 5.77. The fraction of sp³-hybridized carbons (Fsp3) is 0.400. The van der Waals surface area contributed by atoms with Gasteiger partial charge in [-0.05, 0) is 59.2 Å². The van der Waals surface area contributed by atoms with Gasteiger partial charge in [0.2, 0.25) is 0 Å². The molecule has 0 N–H and O–H groups in total. The Hall–Kier alpha value is -0.250. The summed E-state index contributed by atoms with van der Waals surface area (Å²) < 4.78 is 1.35. The summed E-state index contributed by atoms with van der Waals surface area (Å²) in [7, 11) is 2.17. The Kier molecular flexibility index (Phi) is 2.26. The third kappa shape index (κ3) is 1.44. The van der Waals surface area contributed by atoms with Crippen LogP contribution in [0.5, 0.6) is 0 Å². The minimum Gasteiger partial charge on any atom is -0.374 e. The van der Waals surface area contributed by atoms with Gasteiger partial charge in [-0.3, -0.25) is 0 Å². The second-order valence-corrected chi connectivity index (χ2v) is 4.54. The Morgan fingerprint density at radius 2 is 2.25 bits per heavy atom. The molecule has 0 amide bonds. The average molecular weight is 273 g/mol. The lowest BCUT2D eigenvalue weighted by Crippen LogP contribution is -2.24. The molecule has 0 atom stereocenters. The molecule has 0 bridgehead atoms. The van der Waals surface area contributed by atoms with Crippen molar-refractivity contribution >= 4 is 28.3 Å². The van der Waals surface area contributed by atoms with Crippen LogP contribution in [0.3, 0.4) is 0 Å². The van der Waals surface area contributed by atoms with Crippen molar-refractivity contribution in [2.45, 2.75) is 12.8 Å². The van der Waals surface area contributed by atoms with Crippen LogP contribution in [0.2, 0.25) is 0 Å². The van der Waals surface area contributed by atoms with Gasteiger partial charge in [0.25, 0.3) is 0 Å². The SMILES string of the molecule is CN1CCCc2cc(I)ccc21. The van der Waals surface area contributed by atoms with Crippen LogP contribution >= 0.6 is 22.6 Å². The number of benzene rings is 1. The smallest absolute Gasteiger partial charge is 0.0396 e. The van der Waals surface area contributed by atoms with Crippen LogP contribution < -0.4 is 4.90 Å². The highest BCUT2D eigenvalue weighted by Crippen LogP contribution is 2.26. The Morgan fingerprint density at radius 3 is 3.08 bits per heavy atom. The lowest BCUT2D eigenvalue weighted by Gasteiger charge is -2.27. The first-order valence-electron chi connectivity index (χ1n) is 4.27. The van der Waals surface area contributed by atoms with Gasteiger partial charge in [-0.2, -0.15) is 0 Å². The van der Waals surface area contributed by atoms with Gasteiger partial charge < -0.3 is 4.90 Å². The van der Waals surface area contributed by atoms with Crippen LogP contribution in [0, 0.1) is 3.57 Å². The largest absolute Gasteiger partial charge is 0.374 e. The highest BCUT2D eigenvalue weighted by atomic mass is 127. The molecule has 1 aromatic carbocycles. The molecular formula is C10H12IN. The van der Waals surface area contributed by atoms with Crippen LogP contribution in [0.15, 0.2) is 18.2 Å². The second-order valence-electron chi connectivity index (χ2n) is 3.30. The highest BCUT2D eigenvalue weighted by Gasteiger charge is 2.12. The van der Waals surface area contributed by atoms with Gasteiger partial charge in [0.05, 0.1) is 0 Å². The van der Waals surface area contributed by atoms with E-state index in [1.54, 1.807) is 0 Å². The number of hydrogen-bond acceptors (Lipinski definition) is 1.